The van der Waals surface area contributed by atoms with Crippen LogP contribution in [0.5, 0.6) is 0 Å². The topological polar surface area (TPSA) is 64.5 Å². The predicted octanol–water partition coefficient (Wildman–Crippen LogP) is -0.539. The highest BCUT2D eigenvalue weighted by atomic mass is 16.3. The monoisotopic (exact) mass is 202 g/mol. The van der Waals surface area contributed by atoms with E-state index in [9.17, 15) is 0 Å². The molecule has 4 nitrogen and oxygen atoms in total. The van der Waals surface area contributed by atoms with Gasteiger partial charge in [0.1, 0.15) is 0 Å². The van der Waals surface area contributed by atoms with Gasteiger partial charge in [0, 0.05) is 25.2 Å². The normalized spacial score (nSPS) is 27.9. The van der Waals surface area contributed by atoms with E-state index < -0.39 is 0 Å². The SMILES string of the molecule is OCCNC1CCC(NCCO)CC1. The van der Waals surface area contributed by atoms with Crippen LogP contribution < -0.4 is 10.6 Å². The number of rotatable bonds is 6. The molecular weight excluding hydrogens is 180 g/mol. The van der Waals surface area contributed by atoms with E-state index in [-0.39, 0.29) is 13.2 Å². The van der Waals surface area contributed by atoms with Gasteiger partial charge >= 0.3 is 0 Å². The van der Waals surface area contributed by atoms with E-state index >= 15 is 0 Å². The van der Waals surface area contributed by atoms with Gasteiger partial charge in [0.05, 0.1) is 13.2 Å². The zero-order chi connectivity index (χ0) is 10.2. The molecule has 14 heavy (non-hydrogen) atoms. The maximum atomic E-state index is 8.66. The third kappa shape index (κ3) is 4.37. The lowest BCUT2D eigenvalue weighted by molar-refractivity contribution is 0.245. The number of aliphatic hydroxyl groups excluding tert-OH is 2. The van der Waals surface area contributed by atoms with E-state index in [4.69, 9.17) is 10.2 Å². The van der Waals surface area contributed by atoms with Crippen LogP contribution in [0.1, 0.15) is 25.7 Å². The summed E-state index contributed by atoms with van der Waals surface area (Å²) in [6, 6.07) is 1.16. The molecule has 0 atom stereocenters. The maximum absolute atomic E-state index is 8.66. The minimum Gasteiger partial charge on any atom is -0.395 e. The van der Waals surface area contributed by atoms with Gasteiger partial charge in [-0.25, -0.2) is 0 Å². The Kier molecular flexibility index (Phi) is 6.10. The van der Waals surface area contributed by atoms with E-state index in [1.807, 2.05) is 0 Å². The molecule has 1 aliphatic rings. The second kappa shape index (κ2) is 7.17. The molecule has 0 aliphatic heterocycles. The Morgan fingerprint density at radius 3 is 1.43 bits per heavy atom. The fraction of sp³-hybridized carbons (Fsp3) is 1.00. The van der Waals surface area contributed by atoms with Gasteiger partial charge in [-0.15, -0.1) is 0 Å². The van der Waals surface area contributed by atoms with Crippen molar-refractivity contribution >= 4 is 0 Å². The standard InChI is InChI=1S/C10H22N2O2/c13-7-5-11-9-1-2-10(4-3-9)12-6-8-14/h9-14H,1-8H2. The van der Waals surface area contributed by atoms with Gasteiger partial charge in [-0.2, -0.15) is 0 Å². The van der Waals surface area contributed by atoms with E-state index in [2.05, 4.69) is 10.6 Å². The summed E-state index contributed by atoms with van der Waals surface area (Å²) in [5, 5.41) is 24.0. The molecule has 4 N–H and O–H groups in total. The van der Waals surface area contributed by atoms with Crippen molar-refractivity contribution in [3.63, 3.8) is 0 Å². The first kappa shape index (κ1) is 11.9. The molecule has 0 aromatic heterocycles. The first-order valence-electron chi connectivity index (χ1n) is 5.55. The molecule has 1 saturated carbocycles. The molecule has 1 fully saturated rings. The van der Waals surface area contributed by atoms with Gasteiger partial charge in [-0.05, 0) is 25.7 Å². The molecule has 0 saturated heterocycles. The Hall–Kier alpha value is -0.160. The van der Waals surface area contributed by atoms with Crippen LogP contribution in [-0.4, -0.2) is 48.6 Å². The van der Waals surface area contributed by atoms with Crippen LogP contribution in [0.25, 0.3) is 0 Å². The average molecular weight is 202 g/mol. The maximum Gasteiger partial charge on any atom is 0.0556 e. The molecule has 84 valence electrons. The minimum absolute atomic E-state index is 0.225. The van der Waals surface area contributed by atoms with Gasteiger partial charge in [-0.3, -0.25) is 0 Å². The lowest BCUT2D eigenvalue weighted by Gasteiger charge is -2.29. The molecule has 1 rings (SSSR count). The Labute approximate surface area is 85.7 Å². The van der Waals surface area contributed by atoms with Crippen molar-refractivity contribution in [2.75, 3.05) is 26.3 Å². The summed E-state index contributed by atoms with van der Waals surface area (Å²) < 4.78 is 0. The van der Waals surface area contributed by atoms with Crippen molar-refractivity contribution < 1.29 is 10.2 Å². The summed E-state index contributed by atoms with van der Waals surface area (Å²) in [6.07, 6.45) is 4.68. The molecule has 0 bridgehead atoms. The van der Waals surface area contributed by atoms with E-state index in [0.717, 1.165) is 0 Å². The molecule has 4 heteroatoms. The van der Waals surface area contributed by atoms with Gasteiger partial charge in [-0.1, -0.05) is 0 Å². The van der Waals surface area contributed by atoms with Crippen molar-refractivity contribution in [3.8, 4) is 0 Å². The second-order valence-corrected chi connectivity index (χ2v) is 3.90. The predicted molar refractivity (Wildman–Crippen MR) is 56.2 cm³/mol. The first-order chi connectivity index (χ1) is 6.86. The average Bonchev–Trinajstić information content (AvgIpc) is 2.25. The quantitative estimate of drug-likeness (QED) is 0.467. The molecule has 0 aromatic carbocycles. The van der Waals surface area contributed by atoms with Gasteiger partial charge in [0.2, 0.25) is 0 Å². The molecule has 0 unspecified atom stereocenters. The molecule has 0 spiro atoms. The highest BCUT2D eigenvalue weighted by Gasteiger charge is 2.19. The molecule has 0 radical (unpaired) electrons. The van der Waals surface area contributed by atoms with E-state index in [1.165, 1.54) is 25.7 Å². The summed E-state index contributed by atoms with van der Waals surface area (Å²) in [7, 11) is 0. The Bertz CT molecular complexity index is 120. The second-order valence-electron chi connectivity index (χ2n) is 3.90. The van der Waals surface area contributed by atoms with Crippen molar-refractivity contribution in [1.29, 1.82) is 0 Å². The molecular formula is C10H22N2O2. The third-order valence-corrected chi connectivity index (χ3v) is 2.82. The summed E-state index contributed by atoms with van der Waals surface area (Å²) >= 11 is 0. The number of aliphatic hydroxyl groups is 2. The lowest BCUT2D eigenvalue weighted by Crippen LogP contribution is -2.41. The molecule has 0 aromatic rings. The van der Waals surface area contributed by atoms with Crippen LogP contribution in [0.2, 0.25) is 0 Å². The van der Waals surface area contributed by atoms with Crippen LogP contribution in [0.3, 0.4) is 0 Å². The zero-order valence-electron chi connectivity index (χ0n) is 8.71. The number of nitrogens with one attached hydrogen (secondary N) is 2. The lowest BCUT2D eigenvalue weighted by atomic mass is 9.91. The van der Waals surface area contributed by atoms with Crippen LogP contribution in [0.15, 0.2) is 0 Å². The highest BCUT2D eigenvalue weighted by Crippen LogP contribution is 2.18. The summed E-state index contributed by atoms with van der Waals surface area (Å²) in [5.74, 6) is 0. The smallest absolute Gasteiger partial charge is 0.0556 e. The largest absolute Gasteiger partial charge is 0.395 e. The minimum atomic E-state index is 0.225. The van der Waals surface area contributed by atoms with Gasteiger partial charge in [0.25, 0.3) is 0 Å². The Balaban J connectivity index is 2.05. The summed E-state index contributed by atoms with van der Waals surface area (Å²) in [4.78, 5) is 0. The van der Waals surface area contributed by atoms with Gasteiger partial charge < -0.3 is 20.8 Å². The van der Waals surface area contributed by atoms with Crippen LogP contribution in [0.4, 0.5) is 0 Å². The number of hydrogen-bond donors (Lipinski definition) is 4. The fourth-order valence-electron chi connectivity index (χ4n) is 2.04. The van der Waals surface area contributed by atoms with Crippen molar-refractivity contribution in [3.05, 3.63) is 0 Å². The molecule has 0 amide bonds. The van der Waals surface area contributed by atoms with E-state index in [1.54, 1.807) is 0 Å². The Morgan fingerprint density at radius 1 is 0.786 bits per heavy atom. The van der Waals surface area contributed by atoms with Crippen LogP contribution in [0, 0.1) is 0 Å². The first-order valence-corrected chi connectivity index (χ1v) is 5.55. The highest BCUT2D eigenvalue weighted by molar-refractivity contribution is 4.80. The number of hydrogen-bond acceptors (Lipinski definition) is 4. The molecule has 0 heterocycles. The van der Waals surface area contributed by atoms with Crippen LogP contribution >= 0.6 is 0 Å². The zero-order valence-corrected chi connectivity index (χ0v) is 8.71. The summed E-state index contributed by atoms with van der Waals surface area (Å²) in [6.45, 7) is 1.87. The van der Waals surface area contributed by atoms with Crippen molar-refractivity contribution in [2.24, 2.45) is 0 Å². The third-order valence-electron chi connectivity index (χ3n) is 2.82. The summed E-state index contributed by atoms with van der Waals surface area (Å²) in [5.41, 5.74) is 0. The Morgan fingerprint density at radius 2 is 1.14 bits per heavy atom. The van der Waals surface area contributed by atoms with Crippen molar-refractivity contribution in [2.45, 2.75) is 37.8 Å². The fourth-order valence-corrected chi connectivity index (χ4v) is 2.04. The van der Waals surface area contributed by atoms with E-state index in [0.29, 0.717) is 25.2 Å². The molecule has 1 aliphatic carbocycles. The van der Waals surface area contributed by atoms with Gasteiger partial charge in [0.15, 0.2) is 0 Å². The van der Waals surface area contributed by atoms with Crippen molar-refractivity contribution in [1.82, 2.24) is 10.6 Å². The van der Waals surface area contributed by atoms with Crippen LogP contribution in [-0.2, 0) is 0 Å².